The molecule has 0 bridgehead atoms. The standard InChI is InChI=1S/C15H15BFNO2/c17-13-6-5-12(14(9-13)16(19)20)10-18-8-7-11-3-1-2-4-15(11)18/h1-6,9,19-20H,7-8,10H2. The van der Waals surface area contributed by atoms with Crippen molar-refractivity contribution in [3.8, 4) is 0 Å². The van der Waals surface area contributed by atoms with Gasteiger partial charge in [0.1, 0.15) is 5.82 Å². The van der Waals surface area contributed by atoms with Crippen LogP contribution in [-0.4, -0.2) is 23.7 Å². The number of benzene rings is 2. The molecule has 102 valence electrons. The monoisotopic (exact) mass is 271 g/mol. The van der Waals surface area contributed by atoms with Gasteiger partial charge >= 0.3 is 7.12 Å². The molecule has 0 saturated carbocycles. The second-order valence-electron chi connectivity index (χ2n) is 5.02. The van der Waals surface area contributed by atoms with E-state index in [1.54, 1.807) is 6.07 Å². The lowest BCUT2D eigenvalue weighted by molar-refractivity contribution is 0.425. The van der Waals surface area contributed by atoms with Crippen molar-refractivity contribution in [2.75, 3.05) is 11.4 Å². The first kappa shape index (κ1) is 13.2. The van der Waals surface area contributed by atoms with Gasteiger partial charge in [0.2, 0.25) is 0 Å². The highest BCUT2D eigenvalue weighted by Crippen LogP contribution is 2.28. The summed E-state index contributed by atoms with van der Waals surface area (Å²) in [4.78, 5) is 2.18. The summed E-state index contributed by atoms with van der Waals surface area (Å²) in [5, 5.41) is 18.7. The summed E-state index contributed by atoms with van der Waals surface area (Å²) in [6.07, 6.45) is 0.981. The lowest BCUT2D eigenvalue weighted by Crippen LogP contribution is -2.36. The zero-order valence-electron chi connectivity index (χ0n) is 11.0. The molecule has 0 aromatic heterocycles. The minimum absolute atomic E-state index is 0.231. The van der Waals surface area contributed by atoms with Gasteiger partial charge in [0.25, 0.3) is 0 Å². The molecule has 1 heterocycles. The molecule has 2 aromatic carbocycles. The average Bonchev–Trinajstić information content (AvgIpc) is 2.84. The highest BCUT2D eigenvalue weighted by molar-refractivity contribution is 6.59. The molecule has 3 nitrogen and oxygen atoms in total. The van der Waals surface area contributed by atoms with E-state index in [2.05, 4.69) is 17.0 Å². The summed E-state index contributed by atoms with van der Waals surface area (Å²) < 4.78 is 13.2. The number of anilines is 1. The van der Waals surface area contributed by atoms with Crippen LogP contribution in [0.1, 0.15) is 11.1 Å². The van der Waals surface area contributed by atoms with Gasteiger partial charge in [-0.2, -0.15) is 0 Å². The van der Waals surface area contributed by atoms with Crippen LogP contribution in [0.3, 0.4) is 0 Å². The average molecular weight is 271 g/mol. The molecule has 3 rings (SSSR count). The minimum Gasteiger partial charge on any atom is -0.423 e. The third-order valence-electron chi connectivity index (χ3n) is 3.73. The first-order valence-electron chi connectivity index (χ1n) is 6.62. The van der Waals surface area contributed by atoms with E-state index in [-0.39, 0.29) is 5.46 Å². The molecule has 5 heteroatoms. The van der Waals surface area contributed by atoms with Crippen LogP contribution in [0.4, 0.5) is 10.1 Å². The Morgan fingerprint density at radius 3 is 2.75 bits per heavy atom. The van der Waals surface area contributed by atoms with Crippen molar-refractivity contribution >= 4 is 18.3 Å². The predicted octanol–water partition coefficient (Wildman–Crippen LogP) is 1.07. The summed E-state index contributed by atoms with van der Waals surface area (Å²) in [6, 6.07) is 12.3. The van der Waals surface area contributed by atoms with Gasteiger partial charge < -0.3 is 14.9 Å². The third-order valence-corrected chi connectivity index (χ3v) is 3.73. The first-order valence-corrected chi connectivity index (χ1v) is 6.62. The summed E-state index contributed by atoms with van der Waals surface area (Å²) in [5.41, 5.74) is 3.42. The third kappa shape index (κ3) is 2.42. The van der Waals surface area contributed by atoms with Crippen LogP contribution in [0.15, 0.2) is 42.5 Å². The number of halogens is 1. The number of para-hydroxylation sites is 1. The fourth-order valence-electron chi connectivity index (χ4n) is 2.73. The topological polar surface area (TPSA) is 43.7 Å². The van der Waals surface area contributed by atoms with Gasteiger partial charge in [-0.15, -0.1) is 0 Å². The van der Waals surface area contributed by atoms with Crippen molar-refractivity contribution in [2.45, 2.75) is 13.0 Å². The molecule has 0 amide bonds. The van der Waals surface area contributed by atoms with Gasteiger partial charge in [-0.05, 0) is 41.2 Å². The maximum absolute atomic E-state index is 13.2. The van der Waals surface area contributed by atoms with Crippen molar-refractivity contribution in [3.63, 3.8) is 0 Å². The Morgan fingerprint density at radius 2 is 1.95 bits per heavy atom. The molecular weight excluding hydrogens is 256 g/mol. The molecule has 2 aromatic rings. The Labute approximate surface area is 117 Å². The molecule has 0 spiro atoms. The van der Waals surface area contributed by atoms with Crippen molar-refractivity contribution in [1.29, 1.82) is 0 Å². The summed E-state index contributed by atoms with van der Waals surface area (Å²) in [5.74, 6) is -0.460. The summed E-state index contributed by atoms with van der Waals surface area (Å²) >= 11 is 0. The van der Waals surface area contributed by atoms with Crippen LogP contribution in [-0.2, 0) is 13.0 Å². The number of nitrogens with zero attached hydrogens (tertiary/aromatic N) is 1. The fourth-order valence-corrected chi connectivity index (χ4v) is 2.73. The maximum Gasteiger partial charge on any atom is 0.488 e. The maximum atomic E-state index is 13.2. The quantitative estimate of drug-likeness (QED) is 0.821. The van der Waals surface area contributed by atoms with Crippen molar-refractivity contribution in [3.05, 3.63) is 59.4 Å². The van der Waals surface area contributed by atoms with E-state index in [0.717, 1.165) is 24.2 Å². The van der Waals surface area contributed by atoms with Crippen LogP contribution in [0.2, 0.25) is 0 Å². The predicted molar refractivity (Wildman–Crippen MR) is 77.4 cm³/mol. The first-order chi connectivity index (χ1) is 9.65. The molecule has 0 saturated heterocycles. The van der Waals surface area contributed by atoms with Gasteiger partial charge in [-0.25, -0.2) is 4.39 Å². The molecule has 20 heavy (non-hydrogen) atoms. The van der Waals surface area contributed by atoms with Crippen molar-refractivity contribution in [2.24, 2.45) is 0 Å². The zero-order chi connectivity index (χ0) is 14.1. The Balaban J connectivity index is 1.90. The van der Waals surface area contributed by atoms with E-state index >= 15 is 0 Å². The van der Waals surface area contributed by atoms with Gasteiger partial charge in [0.05, 0.1) is 0 Å². The van der Waals surface area contributed by atoms with Crippen molar-refractivity contribution in [1.82, 2.24) is 0 Å². The highest BCUT2D eigenvalue weighted by atomic mass is 19.1. The normalized spacial score (nSPS) is 13.4. The fraction of sp³-hybridized carbons (Fsp3) is 0.200. The van der Waals surface area contributed by atoms with Crippen LogP contribution >= 0.6 is 0 Å². The van der Waals surface area contributed by atoms with Crippen LogP contribution in [0.25, 0.3) is 0 Å². The van der Waals surface area contributed by atoms with E-state index in [9.17, 15) is 14.4 Å². The molecule has 1 aliphatic heterocycles. The molecule has 0 aliphatic carbocycles. The van der Waals surface area contributed by atoms with Crippen LogP contribution in [0.5, 0.6) is 0 Å². The number of fused-ring (bicyclic) bond motifs is 1. The molecule has 1 aliphatic rings. The van der Waals surface area contributed by atoms with Gasteiger partial charge in [0.15, 0.2) is 0 Å². The number of hydrogen-bond acceptors (Lipinski definition) is 3. The largest absolute Gasteiger partial charge is 0.488 e. The lowest BCUT2D eigenvalue weighted by atomic mass is 9.77. The van der Waals surface area contributed by atoms with Gasteiger partial charge in [-0.1, -0.05) is 24.3 Å². The SMILES string of the molecule is OB(O)c1cc(F)ccc1CN1CCc2ccccc21. The molecular formula is C15H15BFNO2. The number of rotatable bonds is 3. The van der Waals surface area contributed by atoms with E-state index in [0.29, 0.717) is 6.54 Å². The summed E-state index contributed by atoms with van der Waals surface area (Å²) in [7, 11) is -1.65. The molecule has 0 atom stereocenters. The highest BCUT2D eigenvalue weighted by Gasteiger charge is 2.22. The Kier molecular flexibility index (Phi) is 3.46. The molecule has 0 radical (unpaired) electrons. The van der Waals surface area contributed by atoms with Crippen molar-refractivity contribution < 1.29 is 14.4 Å². The molecule has 0 unspecified atom stereocenters. The lowest BCUT2D eigenvalue weighted by Gasteiger charge is -2.21. The Morgan fingerprint density at radius 1 is 1.15 bits per heavy atom. The second kappa shape index (κ2) is 5.27. The molecule has 0 fully saturated rings. The zero-order valence-corrected chi connectivity index (χ0v) is 11.0. The minimum atomic E-state index is -1.65. The van der Waals surface area contributed by atoms with Crippen LogP contribution < -0.4 is 10.4 Å². The van der Waals surface area contributed by atoms with E-state index < -0.39 is 12.9 Å². The van der Waals surface area contributed by atoms with E-state index in [4.69, 9.17) is 0 Å². The van der Waals surface area contributed by atoms with Gasteiger partial charge in [-0.3, -0.25) is 0 Å². The van der Waals surface area contributed by atoms with E-state index in [1.165, 1.54) is 17.7 Å². The second-order valence-corrected chi connectivity index (χ2v) is 5.02. The Bertz CT molecular complexity index is 633. The number of hydrogen-bond donors (Lipinski definition) is 2. The smallest absolute Gasteiger partial charge is 0.423 e. The van der Waals surface area contributed by atoms with E-state index in [1.807, 2.05) is 12.1 Å². The van der Waals surface area contributed by atoms with Crippen LogP contribution in [0, 0.1) is 5.82 Å². The van der Waals surface area contributed by atoms with Gasteiger partial charge in [0, 0.05) is 18.8 Å². The Hall–Kier alpha value is -1.85. The molecule has 2 N–H and O–H groups in total. The summed E-state index contributed by atoms with van der Waals surface area (Å²) in [6.45, 7) is 1.43.